The van der Waals surface area contributed by atoms with Crippen molar-refractivity contribution in [1.29, 1.82) is 5.26 Å². The Morgan fingerprint density at radius 1 is 1.07 bits per heavy atom. The molecule has 2 aromatic carbocycles. The molecular formula is C22H22N6O. The van der Waals surface area contributed by atoms with Gasteiger partial charge in [-0.2, -0.15) is 5.26 Å². The van der Waals surface area contributed by atoms with Crippen molar-refractivity contribution in [3.05, 3.63) is 72.2 Å². The van der Waals surface area contributed by atoms with Gasteiger partial charge < -0.3 is 15.5 Å². The van der Waals surface area contributed by atoms with Gasteiger partial charge in [-0.15, -0.1) is 0 Å². The molecule has 0 fully saturated rings. The number of para-hydroxylation sites is 1. The first-order valence-electron chi connectivity index (χ1n) is 9.39. The summed E-state index contributed by atoms with van der Waals surface area (Å²) in [5, 5.41) is 15.1. The summed E-state index contributed by atoms with van der Waals surface area (Å²) in [6.45, 7) is 6.06. The van der Waals surface area contributed by atoms with Crippen LogP contribution in [0.2, 0.25) is 0 Å². The molecule has 0 saturated carbocycles. The Bertz CT molecular complexity index is 1020. The lowest BCUT2D eigenvalue weighted by atomic mass is 10.2. The van der Waals surface area contributed by atoms with E-state index >= 15 is 0 Å². The van der Waals surface area contributed by atoms with Crippen molar-refractivity contribution in [2.24, 2.45) is 0 Å². The standard InChI is InChI=1S/C22H22N6O/c1-3-28(4-2)18-11-9-17(10-12-18)26-22(29)20-13-21(25-15-24-20)27-19-8-6-5-7-16(19)14-23/h5-13,15H,3-4H2,1-2H3,(H,26,29)(H,24,25,27). The van der Waals surface area contributed by atoms with E-state index in [1.807, 2.05) is 30.3 Å². The zero-order valence-corrected chi connectivity index (χ0v) is 16.4. The van der Waals surface area contributed by atoms with Crippen LogP contribution < -0.4 is 15.5 Å². The van der Waals surface area contributed by atoms with E-state index in [0.29, 0.717) is 22.8 Å². The number of anilines is 4. The van der Waals surface area contributed by atoms with E-state index in [2.05, 4.69) is 45.4 Å². The molecule has 0 bridgehead atoms. The van der Waals surface area contributed by atoms with Gasteiger partial charge in [0, 0.05) is 30.5 Å². The van der Waals surface area contributed by atoms with Crippen LogP contribution in [0.3, 0.4) is 0 Å². The van der Waals surface area contributed by atoms with Gasteiger partial charge in [-0.05, 0) is 50.2 Å². The van der Waals surface area contributed by atoms with Crippen LogP contribution in [0, 0.1) is 11.3 Å². The molecule has 3 aromatic rings. The number of nitrogens with zero attached hydrogens (tertiary/aromatic N) is 4. The molecule has 0 aliphatic rings. The molecule has 1 aromatic heterocycles. The summed E-state index contributed by atoms with van der Waals surface area (Å²) in [5.74, 6) is 0.101. The Hall–Kier alpha value is -3.92. The lowest BCUT2D eigenvalue weighted by molar-refractivity contribution is 0.102. The predicted molar refractivity (Wildman–Crippen MR) is 114 cm³/mol. The average Bonchev–Trinajstić information content (AvgIpc) is 2.76. The molecule has 2 N–H and O–H groups in total. The van der Waals surface area contributed by atoms with E-state index in [4.69, 9.17) is 0 Å². The molecule has 7 nitrogen and oxygen atoms in total. The summed E-state index contributed by atoms with van der Waals surface area (Å²) in [6.07, 6.45) is 1.32. The quantitative estimate of drug-likeness (QED) is 0.632. The first-order chi connectivity index (χ1) is 14.1. The monoisotopic (exact) mass is 386 g/mol. The Morgan fingerprint density at radius 3 is 2.48 bits per heavy atom. The van der Waals surface area contributed by atoms with E-state index in [0.717, 1.165) is 18.8 Å². The fourth-order valence-electron chi connectivity index (χ4n) is 2.92. The molecule has 0 unspecified atom stereocenters. The second-order valence-corrected chi connectivity index (χ2v) is 6.24. The number of nitrogens with one attached hydrogen (secondary N) is 2. The van der Waals surface area contributed by atoms with Gasteiger partial charge >= 0.3 is 0 Å². The van der Waals surface area contributed by atoms with E-state index < -0.39 is 0 Å². The van der Waals surface area contributed by atoms with Crippen LogP contribution in [0.15, 0.2) is 60.9 Å². The predicted octanol–water partition coefficient (Wildman–Crippen LogP) is 4.19. The van der Waals surface area contributed by atoms with Crippen molar-refractivity contribution in [3.63, 3.8) is 0 Å². The van der Waals surface area contributed by atoms with Crippen molar-refractivity contribution in [1.82, 2.24) is 9.97 Å². The highest BCUT2D eigenvalue weighted by Crippen LogP contribution is 2.20. The van der Waals surface area contributed by atoms with Gasteiger partial charge in [-0.25, -0.2) is 9.97 Å². The van der Waals surface area contributed by atoms with Gasteiger partial charge in [0.1, 0.15) is 23.9 Å². The molecule has 29 heavy (non-hydrogen) atoms. The van der Waals surface area contributed by atoms with Crippen molar-refractivity contribution in [3.8, 4) is 6.07 Å². The zero-order valence-electron chi connectivity index (χ0n) is 16.4. The molecule has 1 amide bonds. The molecule has 0 aliphatic heterocycles. The SMILES string of the molecule is CCN(CC)c1ccc(NC(=O)c2cc(Nc3ccccc3C#N)ncn2)cc1. The van der Waals surface area contributed by atoms with Crippen LogP contribution in [-0.4, -0.2) is 29.0 Å². The van der Waals surface area contributed by atoms with E-state index in [9.17, 15) is 10.1 Å². The topological polar surface area (TPSA) is 93.9 Å². The van der Waals surface area contributed by atoms with Crippen molar-refractivity contribution < 1.29 is 4.79 Å². The first-order valence-corrected chi connectivity index (χ1v) is 9.39. The van der Waals surface area contributed by atoms with Crippen molar-refractivity contribution >= 4 is 28.8 Å². The highest BCUT2D eigenvalue weighted by Gasteiger charge is 2.11. The van der Waals surface area contributed by atoms with Crippen LogP contribution >= 0.6 is 0 Å². The van der Waals surface area contributed by atoms with Gasteiger partial charge in [-0.3, -0.25) is 4.79 Å². The first kappa shape index (κ1) is 19.8. The lowest BCUT2D eigenvalue weighted by Crippen LogP contribution is -2.21. The van der Waals surface area contributed by atoms with Gasteiger partial charge in [0.25, 0.3) is 5.91 Å². The normalized spacial score (nSPS) is 10.1. The molecule has 146 valence electrons. The van der Waals surface area contributed by atoms with Gasteiger partial charge in [0.2, 0.25) is 0 Å². The van der Waals surface area contributed by atoms with Crippen molar-refractivity contribution in [2.45, 2.75) is 13.8 Å². The van der Waals surface area contributed by atoms with Gasteiger partial charge in [-0.1, -0.05) is 12.1 Å². The molecule has 0 atom stereocenters. The zero-order chi connectivity index (χ0) is 20.6. The molecule has 0 aliphatic carbocycles. The van der Waals surface area contributed by atoms with Gasteiger partial charge in [0.15, 0.2) is 0 Å². The summed E-state index contributed by atoms with van der Waals surface area (Å²) in [6, 6.07) is 18.5. The Balaban J connectivity index is 1.72. The minimum Gasteiger partial charge on any atom is -0.372 e. The van der Waals surface area contributed by atoms with Gasteiger partial charge in [0.05, 0.1) is 11.3 Å². The maximum absolute atomic E-state index is 12.6. The minimum absolute atomic E-state index is 0.227. The fraction of sp³-hybridized carbons (Fsp3) is 0.182. The number of benzene rings is 2. The van der Waals surface area contributed by atoms with Crippen LogP contribution in [0.25, 0.3) is 0 Å². The smallest absolute Gasteiger partial charge is 0.274 e. The summed E-state index contributed by atoms with van der Waals surface area (Å²) < 4.78 is 0. The Labute approximate surface area is 170 Å². The van der Waals surface area contributed by atoms with Crippen LogP contribution in [0.5, 0.6) is 0 Å². The number of carbonyl (C=O) groups is 1. The number of amides is 1. The Morgan fingerprint density at radius 2 is 1.79 bits per heavy atom. The second-order valence-electron chi connectivity index (χ2n) is 6.24. The van der Waals surface area contributed by atoms with Crippen molar-refractivity contribution in [2.75, 3.05) is 28.6 Å². The summed E-state index contributed by atoms with van der Waals surface area (Å²) in [7, 11) is 0. The van der Waals surface area contributed by atoms with E-state index in [1.54, 1.807) is 24.3 Å². The minimum atomic E-state index is -0.334. The maximum Gasteiger partial charge on any atom is 0.274 e. The highest BCUT2D eigenvalue weighted by atomic mass is 16.1. The maximum atomic E-state index is 12.6. The van der Waals surface area contributed by atoms with Crippen LogP contribution in [0.4, 0.5) is 22.9 Å². The third kappa shape index (κ3) is 4.87. The third-order valence-electron chi connectivity index (χ3n) is 4.46. The van der Waals surface area contributed by atoms with E-state index in [-0.39, 0.29) is 11.6 Å². The number of hydrogen-bond acceptors (Lipinski definition) is 6. The number of nitriles is 1. The number of hydrogen-bond donors (Lipinski definition) is 2. The number of rotatable bonds is 7. The van der Waals surface area contributed by atoms with Crippen LogP contribution in [0.1, 0.15) is 29.9 Å². The molecule has 3 rings (SSSR count). The molecular weight excluding hydrogens is 364 g/mol. The second kappa shape index (κ2) is 9.33. The average molecular weight is 386 g/mol. The number of aromatic nitrogens is 2. The summed E-state index contributed by atoms with van der Waals surface area (Å²) >= 11 is 0. The summed E-state index contributed by atoms with van der Waals surface area (Å²) in [4.78, 5) is 23.0. The molecule has 0 saturated heterocycles. The fourth-order valence-corrected chi connectivity index (χ4v) is 2.92. The molecule has 0 radical (unpaired) electrons. The molecule has 0 spiro atoms. The molecule has 7 heteroatoms. The highest BCUT2D eigenvalue weighted by molar-refractivity contribution is 6.03. The lowest BCUT2D eigenvalue weighted by Gasteiger charge is -2.21. The van der Waals surface area contributed by atoms with Crippen LogP contribution in [-0.2, 0) is 0 Å². The summed E-state index contributed by atoms with van der Waals surface area (Å²) in [5.41, 5.74) is 3.13. The largest absolute Gasteiger partial charge is 0.372 e. The Kier molecular flexibility index (Phi) is 6.38. The van der Waals surface area contributed by atoms with E-state index in [1.165, 1.54) is 6.33 Å². The molecule has 1 heterocycles. The third-order valence-corrected chi connectivity index (χ3v) is 4.46. The number of carbonyl (C=O) groups excluding carboxylic acids is 1.